The van der Waals surface area contributed by atoms with Gasteiger partial charge < -0.3 is 19.7 Å². The molecule has 8 heteroatoms. The maximum Gasteiger partial charge on any atom is 0.191 e. The number of hydrogen-bond acceptors (Lipinski definition) is 7. The number of ether oxygens (including phenoxy) is 1. The molecule has 138 valence electrons. The van der Waals surface area contributed by atoms with Crippen molar-refractivity contribution in [1.82, 2.24) is 19.5 Å². The van der Waals surface area contributed by atoms with Gasteiger partial charge in [0.25, 0.3) is 0 Å². The third-order valence-electron chi connectivity index (χ3n) is 4.04. The summed E-state index contributed by atoms with van der Waals surface area (Å²) in [6, 6.07) is 7.97. The number of benzene rings is 1. The van der Waals surface area contributed by atoms with E-state index in [9.17, 15) is 0 Å². The molecule has 0 aliphatic carbocycles. The van der Waals surface area contributed by atoms with Gasteiger partial charge in [-0.3, -0.25) is 0 Å². The van der Waals surface area contributed by atoms with E-state index in [-0.39, 0.29) is 6.61 Å². The molecule has 0 spiro atoms. The van der Waals surface area contributed by atoms with Gasteiger partial charge in [0, 0.05) is 25.8 Å². The average molecular weight is 373 g/mol. The molecule has 0 aliphatic heterocycles. The second-order valence-electron chi connectivity index (χ2n) is 5.75. The molecule has 0 radical (unpaired) electrons. The highest BCUT2D eigenvalue weighted by molar-refractivity contribution is 7.98. The van der Waals surface area contributed by atoms with E-state index in [1.807, 2.05) is 35.9 Å². The lowest BCUT2D eigenvalue weighted by Crippen LogP contribution is -2.08. The number of anilines is 1. The molecule has 0 amide bonds. The molecule has 0 atom stereocenters. The Morgan fingerprint density at radius 3 is 2.62 bits per heavy atom. The number of aromatic nitrogens is 4. The van der Waals surface area contributed by atoms with Crippen LogP contribution in [-0.2, 0) is 19.2 Å². The number of hydrogen-bond donors (Lipinski definition) is 2. The van der Waals surface area contributed by atoms with Gasteiger partial charge in [-0.25, -0.2) is 15.0 Å². The van der Waals surface area contributed by atoms with Crippen molar-refractivity contribution in [2.45, 2.75) is 24.3 Å². The minimum atomic E-state index is 0.0350. The normalized spacial score (nSPS) is 11.1. The number of aliphatic hydroxyl groups excluding tert-OH is 1. The summed E-state index contributed by atoms with van der Waals surface area (Å²) in [6.07, 6.45) is 0.820. The number of nitrogens with zero attached hydrogens (tertiary/aromatic N) is 4. The van der Waals surface area contributed by atoms with E-state index in [0.717, 1.165) is 34.9 Å². The number of thioether (sulfide) groups is 1. The predicted molar refractivity (Wildman–Crippen MR) is 104 cm³/mol. The van der Waals surface area contributed by atoms with Crippen molar-refractivity contribution in [3.63, 3.8) is 0 Å². The molecular weight excluding hydrogens is 350 g/mol. The van der Waals surface area contributed by atoms with Gasteiger partial charge in [0.2, 0.25) is 0 Å². The molecule has 0 unspecified atom stereocenters. The number of nitrogens with one attached hydrogen (secondary N) is 1. The monoisotopic (exact) mass is 373 g/mol. The predicted octanol–water partition coefficient (Wildman–Crippen LogP) is 2.63. The van der Waals surface area contributed by atoms with Crippen LogP contribution in [0.25, 0.3) is 11.2 Å². The lowest BCUT2D eigenvalue weighted by atomic mass is 10.2. The minimum Gasteiger partial charge on any atom is -0.497 e. The second kappa shape index (κ2) is 8.37. The van der Waals surface area contributed by atoms with Crippen LogP contribution in [0.4, 0.5) is 5.82 Å². The molecular formula is C18H23N5O2S. The van der Waals surface area contributed by atoms with Crippen LogP contribution in [0.3, 0.4) is 0 Å². The summed E-state index contributed by atoms with van der Waals surface area (Å²) in [5.74, 6) is 3.22. The Hall–Kier alpha value is -2.32. The first-order valence-electron chi connectivity index (χ1n) is 8.50. The summed E-state index contributed by atoms with van der Waals surface area (Å²) >= 11 is 1.57. The molecule has 3 rings (SSSR count). The maximum atomic E-state index is 9.12. The zero-order valence-electron chi connectivity index (χ0n) is 15.2. The van der Waals surface area contributed by atoms with Crippen molar-refractivity contribution >= 4 is 28.7 Å². The summed E-state index contributed by atoms with van der Waals surface area (Å²) in [5.41, 5.74) is 2.71. The lowest BCUT2D eigenvalue weighted by Gasteiger charge is -2.08. The van der Waals surface area contributed by atoms with Gasteiger partial charge in [0.05, 0.1) is 13.7 Å². The molecule has 0 aliphatic rings. The van der Waals surface area contributed by atoms with E-state index < -0.39 is 0 Å². The first-order valence-corrected chi connectivity index (χ1v) is 9.48. The molecule has 7 nitrogen and oxygen atoms in total. The van der Waals surface area contributed by atoms with Crippen molar-refractivity contribution in [1.29, 1.82) is 0 Å². The van der Waals surface area contributed by atoms with Gasteiger partial charge in [0.15, 0.2) is 22.1 Å². The summed E-state index contributed by atoms with van der Waals surface area (Å²) in [7, 11) is 3.63. The molecule has 2 heterocycles. The van der Waals surface area contributed by atoms with Crippen molar-refractivity contribution < 1.29 is 9.84 Å². The highest BCUT2D eigenvalue weighted by Crippen LogP contribution is 2.27. The summed E-state index contributed by atoms with van der Waals surface area (Å²) in [6.45, 7) is 2.52. The molecule has 0 fully saturated rings. The molecule has 0 saturated carbocycles. The Labute approximate surface area is 156 Å². The number of aliphatic hydroxyl groups is 1. The van der Waals surface area contributed by atoms with Crippen LogP contribution in [0.15, 0.2) is 29.4 Å². The van der Waals surface area contributed by atoms with Gasteiger partial charge in [0.1, 0.15) is 11.6 Å². The van der Waals surface area contributed by atoms with Gasteiger partial charge >= 0.3 is 0 Å². The summed E-state index contributed by atoms with van der Waals surface area (Å²) in [5, 5.41) is 13.0. The number of rotatable bonds is 8. The topological polar surface area (TPSA) is 85.1 Å². The van der Waals surface area contributed by atoms with Crippen LogP contribution < -0.4 is 10.1 Å². The lowest BCUT2D eigenvalue weighted by molar-refractivity contribution is 0.311. The van der Waals surface area contributed by atoms with Gasteiger partial charge in [-0.05, 0) is 17.7 Å². The number of aryl methyl sites for hydroxylation is 2. The number of fused-ring (bicyclic) bond motifs is 1. The quantitative estimate of drug-likeness (QED) is 0.464. The van der Waals surface area contributed by atoms with Crippen molar-refractivity contribution in [3.8, 4) is 5.75 Å². The maximum absolute atomic E-state index is 9.12. The van der Waals surface area contributed by atoms with E-state index in [1.54, 1.807) is 18.9 Å². The Kier molecular flexibility index (Phi) is 5.95. The molecule has 2 aromatic heterocycles. The van der Waals surface area contributed by atoms with Crippen molar-refractivity contribution in [2.75, 3.05) is 25.6 Å². The molecule has 26 heavy (non-hydrogen) atoms. The highest BCUT2D eigenvalue weighted by Gasteiger charge is 2.15. The third kappa shape index (κ3) is 3.91. The smallest absolute Gasteiger partial charge is 0.191 e. The van der Waals surface area contributed by atoms with Gasteiger partial charge in [-0.1, -0.05) is 30.8 Å². The fourth-order valence-electron chi connectivity index (χ4n) is 2.63. The molecule has 0 saturated heterocycles. The second-order valence-corrected chi connectivity index (χ2v) is 6.70. The first kappa shape index (κ1) is 18.5. The van der Waals surface area contributed by atoms with Crippen molar-refractivity contribution in [2.24, 2.45) is 7.05 Å². The van der Waals surface area contributed by atoms with Crippen LogP contribution >= 0.6 is 11.8 Å². The van der Waals surface area contributed by atoms with Crippen LogP contribution in [0.5, 0.6) is 5.75 Å². The van der Waals surface area contributed by atoms with Crippen molar-refractivity contribution in [3.05, 3.63) is 35.7 Å². The number of imidazole rings is 1. The van der Waals surface area contributed by atoms with Crippen LogP contribution in [-0.4, -0.2) is 44.9 Å². The van der Waals surface area contributed by atoms with Gasteiger partial charge in [-0.2, -0.15) is 0 Å². The third-order valence-corrected chi connectivity index (χ3v) is 4.96. The standard InChI is InChI=1S/C18H23N5O2S/c1-4-14-20-15-16(19-9-10-24)21-18(22-17(15)23(14)2)26-11-12-5-7-13(25-3)8-6-12/h5-8,24H,4,9-11H2,1-3H3,(H,19,21,22). The zero-order valence-corrected chi connectivity index (χ0v) is 16.0. The van der Waals surface area contributed by atoms with E-state index in [1.165, 1.54) is 5.56 Å². The Bertz CT molecular complexity index is 879. The fraction of sp³-hybridized carbons (Fsp3) is 0.389. The number of methoxy groups -OCH3 is 1. The van der Waals surface area contributed by atoms with E-state index >= 15 is 0 Å². The first-order chi connectivity index (χ1) is 12.7. The largest absolute Gasteiger partial charge is 0.497 e. The zero-order chi connectivity index (χ0) is 18.5. The summed E-state index contributed by atoms with van der Waals surface area (Å²) < 4.78 is 7.19. The molecule has 2 N–H and O–H groups in total. The molecule has 3 aromatic rings. The SMILES string of the molecule is CCc1nc2c(NCCO)nc(SCc3ccc(OC)cc3)nc2n1C. The van der Waals surface area contributed by atoms with E-state index in [2.05, 4.69) is 27.2 Å². The Morgan fingerprint density at radius 1 is 1.19 bits per heavy atom. The van der Waals surface area contributed by atoms with E-state index in [4.69, 9.17) is 9.84 Å². The van der Waals surface area contributed by atoms with Crippen LogP contribution in [0.2, 0.25) is 0 Å². The minimum absolute atomic E-state index is 0.0350. The van der Waals surface area contributed by atoms with E-state index in [0.29, 0.717) is 17.5 Å². The van der Waals surface area contributed by atoms with Gasteiger partial charge in [-0.15, -0.1) is 0 Å². The average Bonchev–Trinajstić information content (AvgIpc) is 3.01. The Balaban J connectivity index is 1.87. The summed E-state index contributed by atoms with van der Waals surface area (Å²) in [4.78, 5) is 13.9. The Morgan fingerprint density at radius 2 is 1.96 bits per heavy atom. The molecule has 1 aromatic carbocycles. The highest BCUT2D eigenvalue weighted by atomic mass is 32.2. The fourth-order valence-corrected chi connectivity index (χ4v) is 3.43. The van der Waals surface area contributed by atoms with Crippen LogP contribution in [0.1, 0.15) is 18.3 Å². The van der Waals surface area contributed by atoms with Crippen LogP contribution in [0, 0.1) is 0 Å². The molecule has 0 bridgehead atoms.